The fraction of sp³-hybridized carbons (Fsp3) is 0.900. The summed E-state index contributed by atoms with van der Waals surface area (Å²) in [5.74, 6) is -0.261. The Morgan fingerprint density at radius 2 is 2.08 bits per heavy atom. The van der Waals surface area contributed by atoms with Gasteiger partial charge in [-0.2, -0.15) is 0 Å². The summed E-state index contributed by atoms with van der Waals surface area (Å²) in [6.07, 6.45) is 1.41. The molecule has 1 saturated carbocycles. The lowest BCUT2D eigenvalue weighted by molar-refractivity contribution is -0.137. The second kappa shape index (κ2) is 2.48. The molecule has 12 heavy (non-hydrogen) atoms. The molecule has 0 bridgehead atoms. The Morgan fingerprint density at radius 3 is 2.33 bits per heavy atom. The molecular weight excluding hydrogens is 152 g/mol. The maximum atomic E-state index is 10.5. The Bertz CT molecular complexity index is 202. The van der Waals surface area contributed by atoms with Crippen LogP contribution in [-0.4, -0.2) is 11.1 Å². The van der Waals surface area contributed by atoms with Gasteiger partial charge >= 0.3 is 5.97 Å². The van der Waals surface area contributed by atoms with Gasteiger partial charge in [-0.15, -0.1) is 0 Å². The fourth-order valence-electron chi connectivity index (χ4n) is 1.88. The summed E-state index contributed by atoms with van der Waals surface area (Å²) < 4.78 is 0. The number of rotatable bonds is 2. The maximum absolute atomic E-state index is 10.5. The Hall–Kier alpha value is -0.530. The lowest BCUT2D eigenvalue weighted by atomic mass is 9.77. The van der Waals surface area contributed by atoms with Crippen molar-refractivity contribution in [1.29, 1.82) is 0 Å². The third-order valence-corrected chi connectivity index (χ3v) is 3.55. The number of aliphatic carboxylic acids is 1. The minimum Gasteiger partial charge on any atom is -0.481 e. The third kappa shape index (κ3) is 1.47. The Kier molecular flexibility index (Phi) is 1.97. The summed E-state index contributed by atoms with van der Waals surface area (Å²) in [6, 6.07) is 0. The molecule has 1 aliphatic rings. The summed E-state index contributed by atoms with van der Waals surface area (Å²) in [4.78, 5) is 10.5. The van der Waals surface area contributed by atoms with E-state index in [2.05, 4.69) is 27.7 Å². The summed E-state index contributed by atoms with van der Waals surface area (Å²) in [7, 11) is 0. The first-order valence-corrected chi connectivity index (χ1v) is 4.49. The maximum Gasteiger partial charge on any atom is 0.303 e. The van der Waals surface area contributed by atoms with E-state index in [4.69, 9.17) is 5.11 Å². The van der Waals surface area contributed by atoms with Crippen LogP contribution in [0.3, 0.4) is 0 Å². The topological polar surface area (TPSA) is 37.3 Å². The number of hydrogen-bond donors (Lipinski definition) is 1. The standard InChI is InChI=1S/C10H18O2/c1-9(2,3)10(4)6-7(10)5-8(11)12/h7H,5-6H2,1-4H3,(H,11,12). The third-order valence-electron chi connectivity index (χ3n) is 3.55. The molecule has 1 N–H and O–H groups in total. The van der Waals surface area contributed by atoms with Gasteiger partial charge in [-0.1, -0.05) is 27.7 Å². The van der Waals surface area contributed by atoms with Crippen LogP contribution in [-0.2, 0) is 4.79 Å². The summed E-state index contributed by atoms with van der Waals surface area (Å²) in [6.45, 7) is 8.76. The molecule has 0 heterocycles. The average Bonchev–Trinajstić information content (AvgIpc) is 2.39. The molecule has 0 saturated heterocycles. The first kappa shape index (κ1) is 9.56. The number of carboxylic acids is 1. The first-order valence-electron chi connectivity index (χ1n) is 4.49. The van der Waals surface area contributed by atoms with Gasteiger partial charge in [0.2, 0.25) is 0 Å². The molecule has 2 nitrogen and oxygen atoms in total. The zero-order chi connectivity index (χ0) is 9.57. The molecule has 0 aromatic rings. The van der Waals surface area contributed by atoms with E-state index < -0.39 is 5.97 Å². The van der Waals surface area contributed by atoms with E-state index >= 15 is 0 Å². The molecule has 2 unspecified atom stereocenters. The molecule has 70 valence electrons. The van der Waals surface area contributed by atoms with Crippen molar-refractivity contribution in [2.75, 3.05) is 0 Å². The lowest BCUT2D eigenvalue weighted by Gasteiger charge is -2.28. The normalized spacial score (nSPS) is 34.8. The minimum absolute atomic E-state index is 0.243. The predicted octanol–water partition coefficient (Wildman–Crippen LogP) is 2.53. The van der Waals surface area contributed by atoms with E-state index in [0.29, 0.717) is 12.3 Å². The van der Waals surface area contributed by atoms with Crippen molar-refractivity contribution < 1.29 is 9.90 Å². The van der Waals surface area contributed by atoms with Gasteiger partial charge in [0.1, 0.15) is 0 Å². The largest absolute Gasteiger partial charge is 0.481 e. The van der Waals surface area contributed by atoms with Crippen LogP contribution in [0.25, 0.3) is 0 Å². The quantitative estimate of drug-likeness (QED) is 0.691. The van der Waals surface area contributed by atoms with Gasteiger partial charge in [0.05, 0.1) is 0 Å². The molecule has 1 aliphatic carbocycles. The van der Waals surface area contributed by atoms with Crippen LogP contribution >= 0.6 is 0 Å². The van der Waals surface area contributed by atoms with E-state index in [-0.39, 0.29) is 10.8 Å². The van der Waals surface area contributed by atoms with Crippen molar-refractivity contribution in [3.05, 3.63) is 0 Å². The number of hydrogen-bond acceptors (Lipinski definition) is 1. The molecule has 0 aliphatic heterocycles. The lowest BCUT2D eigenvalue weighted by Crippen LogP contribution is -2.21. The van der Waals surface area contributed by atoms with Gasteiger partial charge in [0.15, 0.2) is 0 Å². The van der Waals surface area contributed by atoms with Crippen molar-refractivity contribution in [1.82, 2.24) is 0 Å². The van der Waals surface area contributed by atoms with Crippen LogP contribution in [0.15, 0.2) is 0 Å². The van der Waals surface area contributed by atoms with E-state index in [0.717, 1.165) is 6.42 Å². The van der Waals surface area contributed by atoms with E-state index in [1.807, 2.05) is 0 Å². The Balaban J connectivity index is 2.54. The van der Waals surface area contributed by atoms with E-state index in [9.17, 15) is 4.79 Å². The second-order valence-corrected chi connectivity index (χ2v) is 5.17. The first-order chi connectivity index (χ1) is 5.27. The second-order valence-electron chi connectivity index (χ2n) is 5.17. The predicted molar refractivity (Wildman–Crippen MR) is 47.9 cm³/mol. The van der Waals surface area contributed by atoms with Crippen molar-refractivity contribution in [2.24, 2.45) is 16.7 Å². The summed E-state index contributed by atoms with van der Waals surface area (Å²) >= 11 is 0. The molecule has 0 aromatic heterocycles. The zero-order valence-electron chi connectivity index (χ0n) is 8.35. The van der Waals surface area contributed by atoms with Gasteiger partial charge in [0, 0.05) is 6.42 Å². The van der Waals surface area contributed by atoms with Crippen LogP contribution in [0.5, 0.6) is 0 Å². The van der Waals surface area contributed by atoms with Gasteiger partial charge in [-0.05, 0) is 23.2 Å². The monoisotopic (exact) mass is 170 g/mol. The van der Waals surface area contributed by atoms with Gasteiger partial charge in [-0.25, -0.2) is 0 Å². The summed E-state index contributed by atoms with van der Waals surface area (Å²) in [5, 5.41) is 8.62. The molecule has 1 fully saturated rings. The molecule has 1 rings (SSSR count). The minimum atomic E-state index is -0.659. The van der Waals surface area contributed by atoms with Gasteiger partial charge in [0.25, 0.3) is 0 Å². The van der Waals surface area contributed by atoms with Crippen LogP contribution in [0, 0.1) is 16.7 Å². The van der Waals surface area contributed by atoms with Crippen molar-refractivity contribution in [2.45, 2.75) is 40.5 Å². The molecule has 2 heteroatoms. The molecular formula is C10H18O2. The van der Waals surface area contributed by atoms with Crippen LogP contribution in [0.2, 0.25) is 0 Å². The average molecular weight is 170 g/mol. The summed E-state index contributed by atoms with van der Waals surface area (Å²) in [5.41, 5.74) is 0.499. The van der Waals surface area contributed by atoms with E-state index in [1.54, 1.807) is 0 Å². The molecule has 0 spiro atoms. The van der Waals surface area contributed by atoms with Crippen LogP contribution < -0.4 is 0 Å². The van der Waals surface area contributed by atoms with Crippen molar-refractivity contribution >= 4 is 5.97 Å². The van der Waals surface area contributed by atoms with Crippen LogP contribution in [0.1, 0.15) is 40.5 Å². The number of carbonyl (C=O) groups is 1. The molecule has 0 amide bonds. The highest BCUT2D eigenvalue weighted by atomic mass is 16.4. The molecule has 0 aromatic carbocycles. The van der Waals surface area contributed by atoms with Crippen molar-refractivity contribution in [3.63, 3.8) is 0 Å². The molecule has 0 radical (unpaired) electrons. The highest BCUT2D eigenvalue weighted by Gasteiger charge is 2.57. The van der Waals surface area contributed by atoms with Gasteiger partial charge < -0.3 is 5.11 Å². The SMILES string of the molecule is CC(C)(C)C1(C)CC1CC(=O)O. The van der Waals surface area contributed by atoms with E-state index in [1.165, 1.54) is 0 Å². The molecule has 2 atom stereocenters. The zero-order valence-corrected chi connectivity index (χ0v) is 8.35. The Labute approximate surface area is 74.0 Å². The van der Waals surface area contributed by atoms with Crippen LogP contribution in [0.4, 0.5) is 0 Å². The number of carboxylic acid groups (broad SMARTS) is 1. The van der Waals surface area contributed by atoms with Crippen molar-refractivity contribution in [3.8, 4) is 0 Å². The fourth-order valence-corrected chi connectivity index (χ4v) is 1.88. The Morgan fingerprint density at radius 1 is 1.58 bits per heavy atom. The highest BCUT2D eigenvalue weighted by molar-refractivity contribution is 5.67. The van der Waals surface area contributed by atoms with Gasteiger partial charge in [-0.3, -0.25) is 4.79 Å². The highest BCUT2D eigenvalue weighted by Crippen LogP contribution is 2.64. The smallest absolute Gasteiger partial charge is 0.303 e.